The van der Waals surface area contributed by atoms with Crippen LogP contribution in [0.5, 0.6) is 0 Å². The van der Waals surface area contributed by atoms with E-state index in [4.69, 9.17) is 4.74 Å². The lowest BCUT2D eigenvalue weighted by Gasteiger charge is -2.30. The average Bonchev–Trinajstić information content (AvgIpc) is 2.72. The fraction of sp³-hybridized carbons (Fsp3) is 0.217. The molecule has 0 saturated heterocycles. The Bertz CT molecular complexity index is 1010. The van der Waals surface area contributed by atoms with Crippen molar-refractivity contribution in [2.75, 3.05) is 6.54 Å². The van der Waals surface area contributed by atoms with E-state index in [1.807, 2.05) is 54.6 Å². The van der Waals surface area contributed by atoms with Crippen molar-refractivity contribution >= 4 is 22.6 Å². The van der Waals surface area contributed by atoms with Gasteiger partial charge in [0.05, 0.1) is 5.56 Å². The van der Waals surface area contributed by atoms with Crippen molar-refractivity contribution < 1.29 is 14.3 Å². The maximum Gasteiger partial charge on any atom is 0.339 e. The zero-order valence-electron chi connectivity index (χ0n) is 15.2. The van der Waals surface area contributed by atoms with Crippen LogP contribution in [0.15, 0.2) is 66.7 Å². The molecule has 1 heterocycles. The minimum Gasteiger partial charge on any atom is -0.449 e. The number of rotatable bonds is 3. The molecular weight excluding hydrogens is 338 g/mol. The Balaban J connectivity index is 1.48. The second kappa shape index (κ2) is 7.23. The molecule has 0 spiro atoms. The molecule has 0 N–H and O–H groups in total. The van der Waals surface area contributed by atoms with Crippen molar-refractivity contribution in [1.29, 1.82) is 0 Å². The summed E-state index contributed by atoms with van der Waals surface area (Å²) in [6.45, 7) is 2.85. The molecule has 3 aromatic rings. The van der Waals surface area contributed by atoms with Gasteiger partial charge in [-0.1, -0.05) is 60.7 Å². The number of benzene rings is 3. The minimum absolute atomic E-state index is 0.155. The van der Waals surface area contributed by atoms with Crippen LogP contribution in [0.2, 0.25) is 0 Å². The highest BCUT2D eigenvalue weighted by Crippen LogP contribution is 2.22. The van der Waals surface area contributed by atoms with Crippen molar-refractivity contribution in [2.24, 2.45) is 0 Å². The van der Waals surface area contributed by atoms with Gasteiger partial charge in [0.1, 0.15) is 0 Å². The number of hydrogen-bond acceptors (Lipinski definition) is 3. The van der Waals surface area contributed by atoms with Crippen LogP contribution in [-0.2, 0) is 22.5 Å². The number of amides is 1. The van der Waals surface area contributed by atoms with Gasteiger partial charge in [0.2, 0.25) is 0 Å². The highest BCUT2D eigenvalue weighted by molar-refractivity contribution is 6.05. The van der Waals surface area contributed by atoms with E-state index in [0.717, 1.165) is 22.8 Å². The Morgan fingerprint density at radius 1 is 0.926 bits per heavy atom. The second-order valence-corrected chi connectivity index (χ2v) is 6.85. The maximum absolute atomic E-state index is 12.8. The van der Waals surface area contributed by atoms with E-state index in [1.165, 1.54) is 5.56 Å². The monoisotopic (exact) mass is 359 g/mol. The first-order valence-electron chi connectivity index (χ1n) is 9.18. The van der Waals surface area contributed by atoms with Crippen molar-refractivity contribution in [3.63, 3.8) is 0 Å². The van der Waals surface area contributed by atoms with E-state index < -0.39 is 12.1 Å². The molecule has 1 aliphatic heterocycles. The van der Waals surface area contributed by atoms with Gasteiger partial charge in [0.15, 0.2) is 6.10 Å². The molecule has 136 valence electrons. The van der Waals surface area contributed by atoms with Crippen LogP contribution in [0.1, 0.15) is 28.4 Å². The summed E-state index contributed by atoms with van der Waals surface area (Å²) in [6, 6.07) is 21.3. The Labute approximate surface area is 158 Å². The summed E-state index contributed by atoms with van der Waals surface area (Å²) >= 11 is 0. The van der Waals surface area contributed by atoms with Gasteiger partial charge >= 0.3 is 5.97 Å². The number of fused-ring (bicyclic) bond motifs is 2. The van der Waals surface area contributed by atoms with E-state index >= 15 is 0 Å². The molecule has 1 aliphatic rings. The number of carbonyl (C=O) groups is 2. The van der Waals surface area contributed by atoms with Gasteiger partial charge in [-0.15, -0.1) is 0 Å². The highest BCUT2D eigenvalue weighted by atomic mass is 16.5. The smallest absolute Gasteiger partial charge is 0.339 e. The Kier molecular flexibility index (Phi) is 4.63. The van der Waals surface area contributed by atoms with E-state index in [1.54, 1.807) is 17.9 Å². The molecule has 4 heteroatoms. The lowest BCUT2D eigenvalue weighted by Crippen LogP contribution is -2.42. The third kappa shape index (κ3) is 3.43. The third-order valence-corrected chi connectivity index (χ3v) is 5.08. The Morgan fingerprint density at radius 3 is 2.48 bits per heavy atom. The van der Waals surface area contributed by atoms with E-state index in [9.17, 15) is 9.59 Å². The van der Waals surface area contributed by atoms with Crippen molar-refractivity contribution in [3.05, 3.63) is 83.4 Å². The van der Waals surface area contributed by atoms with E-state index in [-0.39, 0.29) is 5.91 Å². The van der Waals surface area contributed by atoms with Gasteiger partial charge in [-0.05, 0) is 41.3 Å². The summed E-state index contributed by atoms with van der Waals surface area (Å²) < 4.78 is 5.52. The zero-order chi connectivity index (χ0) is 18.8. The summed E-state index contributed by atoms with van der Waals surface area (Å²) in [6.07, 6.45) is 0.00746. The van der Waals surface area contributed by atoms with Gasteiger partial charge < -0.3 is 9.64 Å². The number of hydrogen-bond donors (Lipinski definition) is 0. The maximum atomic E-state index is 12.8. The number of esters is 1. The van der Waals surface area contributed by atoms with Gasteiger partial charge in [-0.2, -0.15) is 0 Å². The molecule has 4 nitrogen and oxygen atoms in total. The molecule has 0 fully saturated rings. The molecule has 0 saturated carbocycles. The van der Waals surface area contributed by atoms with Gasteiger partial charge in [0.25, 0.3) is 5.91 Å². The first-order valence-corrected chi connectivity index (χ1v) is 9.18. The molecule has 0 radical (unpaired) electrons. The third-order valence-electron chi connectivity index (χ3n) is 5.08. The lowest BCUT2D eigenvalue weighted by molar-refractivity contribution is -0.140. The molecule has 1 amide bonds. The predicted molar refractivity (Wildman–Crippen MR) is 104 cm³/mol. The van der Waals surface area contributed by atoms with Crippen LogP contribution in [0, 0.1) is 0 Å². The van der Waals surface area contributed by atoms with Crippen LogP contribution >= 0.6 is 0 Å². The summed E-state index contributed by atoms with van der Waals surface area (Å²) in [4.78, 5) is 27.2. The van der Waals surface area contributed by atoms with Crippen molar-refractivity contribution in [2.45, 2.75) is 26.0 Å². The average molecular weight is 359 g/mol. The van der Waals surface area contributed by atoms with Crippen LogP contribution in [0.4, 0.5) is 0 Å². The highest BCUT2D eigenvalue weighted by Gasteiger charge is 2.27. The van der Waals surface area contributed by atoms with E-state index in [2.05, 4.69) is 6.07 Å². The number of nitrogens with zero attached hydrogens (tertiary/aromatic N) is 1. The fourth-order valence-corrected chi connectivity index (χ4v) is 3.62. The molecule has 0 aliphatic carbocycles. The van der Waals surface area contributed by atoms with Crippen LogP contribution < -0.4 is 0 Å². The van der Waals surface area contributed by atoms with Crippen LogP contribution in [0.3, 0.4) is 0 Å². The summed E-state index contributed by atoms with van der Waals surface area (Å²) in [7, 11) is 0. The first-order chi connectivity index (χ1) is 13.1. The van der Waals surface area contributed by atoms with Crippen LogP contribution in [-0.4, -0.2) is 29.4 Å². The summed E-state index contributed by atoms with van der Waals surface area (Å²) in [5.74, 6) is -0.622. The minimum atomic E-state index is -0.818. The quantitative estimate of drug-likeness (QED) is 0.665. The van der Waals surface area contributed by atoms with E-state index in [0.29, 0.717) is 18.7 Å². The molecule has 0 unspecified atom stereocenters. The largest absolute Gasteiger partial charge is 0.449 e. The molecular formula is C23H21NO3. The second-order valence-electron chi connectivity index (χ2n) is 6.85. The summed E-state index contributed by atoms with van der Waals surface area (Å²) in [5, 5.41) is 1.80. The Hall–Kier alpha value is -3.14. The standard InChI is InChI=1S/C23H21NO3/c1-16(22(25)24-14-13-17-7-2-3-9-19(17)15-24)27-23(26)21-12-6-10-18-8-4-5-11-20(18)21/h2-12,16H,13-15H2,1H3/t16-/m0/s1. The molecule has 27 heavy (non-hydrogen) atoms. The molecule has 4 rings (SSSR count). The molecule has 0 bridgehead atoms. The van der Waals surface area contributed by atoms with Gasteiger partial charge in [-0.25, -0.2) is 4.79 Å². The van der Waals surface area contributed by atoms with Crippen molar-refractivity contribution in [3.8, 4) is 0 Å². The number of ether oxygens (including phenoxy) is 1. The molecule has 1 atom stereocenters. The molecule has 3 aromatic carbocycles. The van der Waals surface area contributed by atoms with Crippen molar-refractivity contribution in [1.82, 2.24) is 4.90 Å². The van der Waals surface area contributed by atoms with Gasteiger partial charge in [0, 0.05) is 13.1 Å². The van der Waals surface area contributed by atoms with Crippen LogP contribution in [0.25, 0.3) is 10.8 Å². The fourth-order valence-electron chi connectivity index (χ4n) is 3.62. The normalized spacial score (nSPS) is 14.5. The number of carbonyl (C=O) groups excluding carboxylic acids is 2. The SMILES string of the molecule is C[C@H](OC(=O)c1cccc2ccccc12)C(=O)N1CCc2ccccc2C1. The molecule has 0 aromatic heterocycles. The predicted octanol–water partition coefficient (Wildman–Crippen LogP) is 3.97. The zero-order valence-corrected chi connectivity index (χ0v) is 15.2. The van der Waals surface area contributed by atoms with Gasteiger partial charge in [-0.3, -0.25) is 4.79 Å². The topological polar surface area (TPSA) is 46.6 Å². The Morgan fingerprint density at radius 2 is 1.63 bits per heavy atom. The summed E-state index contributed by atoms with van der Waals surface area (Å²) in [5.41, 5.74) is 2.92. The first kappa shape index (κ1) is 17.3. The lowest BCUT2D eigenvalue weighted by atomic mass is 9.99.